The zero-order chi connectivity index (χ0) is 17.4. The van der Waals surface area contributed by atoms with Crippen LogP contribution < -0.4 is 15.8 Å². The monoisotopic (exact) mass is 344 g/mol. The van der Waals surface area contributed by atoms with Crippen molar-refractivity contribution in [1.29, 1.82) is 0 Å². The fraction of sp³-hybridized carbons (Fsp3) is 0.316. The number of aryl methyl sites for hydroxylation is 1. The van der Waals surface area contributed by atoms with Crippen LogP contribution in [0.5, 0.6) is 5.75 Å². The summed E-state index contributed by atoms with van der Waals surface area (Å²) >= 11 is 1.68. The van der Waals surface area contributed by atoms with Crippen LogP contribution >= 0.6 is 11.8 Å². The smallest absolute Gasteiger partial charge is 0.241 e. The van der Waals surface area contributed by atoms with Crippen molar-refractivity contribution in [2.45, 2.75) is 26.0 Å². The Morgan fingerprint density at radius 1 is 1.25 bits per heavy atom. The number of nitrogens with two attached hydrogens (primary N) is 1. The number of carbonyl (C=O) groups excluding carboxylic acids is 1. The Labute approximate surface area is 147 Å². The van der Waals surface area contributed by atoms with E-state index in [-0.39, 0.29) is 5.91 Å². The van der Waals surface area contributed by atoms with Crippen molar-refractivity contribution >= 4 is 23.4 Å². The van der Waals surface area contributed by atoms with E-state index in [0.717, 1.165) is 11.3 Å². The first-order chi connectivity index (χ1) is 11.6. The molecule has 0 unspecified atom stereocenters. The normalized spacial score (nSPS) is 11.8. The van der Waals surface area contributed by atoms with Crippen molar-refractivity contribution in [3.8, 4) is 5.75 Å². The molecule has 3 N–H and O–H groups in total. The van der Waals surface area contributed by atoms with Crippen LogP contribution in [0.15, 0.2) is 48.5 Å². The lowest BCUT2D eigenvalue weighted by Gasteiger charge is -2.13. The van der Waals surface area contributed by atoms with Crippen LogP contribution in [0.25, 0.3) is 0 Å². The molecule has 5 heteroatoms. The Morgan fingerprint density at radius 2 is 2.04 bits per heavy atom. The Morgan fingerprint density at radius 3 is 2.79 bits per heavy atom. The predicted molar refractivity (Wildman–Crippen MR) is 102 cm³/mol. The van der Waals surface area contributed by atoms with E-state index in [2.05, 4.69) is 18.3 Å². The number of benzene rings is 2. The van der Waals surface area contributed by atoms with Crippen molar-refractivity contribution in [3.05, 3.63) is 59.7 Å². The molecular formula is C19H24N2O2S. The van der Waals surface area contributed by atoms with Gasteiger partial charge in [-0.15, -0.1) is 0 Å². The summed E-state index contributed by atoms with van der Waals surface area (Å²) in [6, 6.07) is 15.0. The first-order valence-electron chi connectivity index (χ1n) is 7.93. The summed E-state index contributed by atoms with van der Waals surface area (Å²) in [5.74, 6) is 1.42. The van der Waals surface area contributed by atoms with Crippen molar-refractivity contribution in [2.24, 2.45) is 5.73 Å². The van der Waals surface area contributed by atoms with Gasteiger partial charge < -0.3 is 15.8 Å². The average Bonchev–Trinajstić information content (AvgIpc) is 2.59. The molecule has 2 aromatic rings. The van der Waals surface area contributed by atoms with Crippen LogP contribution in [0.3, 0.4) is 0 Å². The molecule has 0 aliphatic heterocycles. The molecular weight excluding hydrogens is 320 g/mol. The molecule has 0 bridgehead atoms. The first-order valence-corrected chi connectivity index (χ1v) is 9.32. The summed E-state index contributed by atoms with van der Waals surface area (Å²) in [6.45, 7) is 2.56. The predicted octanol–water partition coefficient (Wildman–Crippen LogP) is 3.59. The standard InChI is InChI=1S/C19H24N2O2S/c1-14-6-3-4-7-15(14)13-23-17-9-5-8-16(12-17)21-19(22)18(20)10-11-24-2/h3-9,12,18H,10-11,13,20H2,1-2H3,(H,21,22)/t18-/m0/s1. The van der Waals surface area contributed by atoms with E-state index >= 15 is 0 Å². The summed E-state index contributed by atoms with van der Waals surface area (Å²) < 4.78 is 5.83. The van der Waals surface area contributed by atoms with Crippen molar-refractivity contribution in [1.82, 2.24) is 0 Å². The topological polar surface area (TPSA) is 64.4 Å². The molecule has 4 nitrogen and oxygen atoms in total. The third-order valence-corrected chi connectivity index (χ3v) is 4.37. The molecule has 1 atom stereocenters. The molecule has 0 radical (unpaired) electrons. The molecule has 0 aliphatic carbocycles. The van der Waals surface area contributed by atoms with Crippen molar-refractivity contribution in [2.75, 3.05) is 17.3 Å². The van der Waals surface area contributed by atoms with Gasteiger partial charge in [0.25, 0.3) is 0 Å². The van der Waals surface area contributed by atoms with Gasteiger partial charge in [0.15, 0.2) is 0 Å². The highest BCUT2D eigenvalue weighted by molar-refractivity contribution is 7.98. The SMILES string of the molecule is CSCC[C@H](N)C(=O)Nc1cccc(OCc2ccccc2C)c1. The van der Waals surface area contributed by atoms with Gasteiger partial charge in [0.1, 0.15) is 12.4 Å². The zero-order valence-corrected chi connectivity index (χ0v) is 14.9. The quantitative estimate of drug-likeness (QED) is 0.768. The second kappa shape index (κ2) is 9.35. The van der Waals surface area contributed by atoms with E-state index in [4.69, 9.17) is 10.5 Å². The minimum atomic E-state index is -0.492. The number of amides is 1. The van der Waals surface area contributed by atoms with E-state index in [9.17, 15) is 4.79 Å². The second-order valence-corrected chi connectivity index (χ2v) is 6.61. The number of ether oxygens (including phenoxy) is 1. The van der Waals surface area contributed by atoms with Crippen LogP contribution in [0, 0.1) is 6.92 Å². The van der Waals surface area contributed by atoms with Gasteiger partial charge in [-0.3, -0.25) is 4.79 Å². The van der Waals surface area contributed by atoms with Crippen molar-refractivity contribution < 1.29 is 9.53 Å². The summed E-state index contributed by atoms with van der Waals surface area (Å²) in [7, 11) is 0. The molecule has 1 amide bonds. The maximum Gasteiger partial charge on any atom is 0.241 e. The van der Waals surface area contributed by atoms with E-state index < -0.39 is 6.04 Å². The Hall–Kier alpha value is -1.98. The highest BCUT2D eigenvalue weighted by Gasteiger charge is 2.13. The Bertz CT molecular complexity index is 676. The lowest BCUT2D eigenvalue weighted by atomic mass is 10.1. The largest absolute Gasteiger partial charge is 0.489 e. The lowest BCUT2D eigenvalue weighted by molar-refractivity contribution is -0.117. The molecule has 0 saturated heterocycles. The summed E-state index contributed by atoms with van der Waals surface area (Å²) in [5, 5.41) is 2.85. The van der Waals surface area contributed by atoms with Gasteiger partial charge in [0, 0.05) is 11.8 Å². The Kier molecular flexibility index (Phi) is 7.15. The van der Waals surface area contributed by atoms with Crippen LogP contribution in [0.2, 0.25) is 0 Å². The number of hydrogen-bond acceptors (Lipinski definition) is 4. The molecule has 128 valence electrons. The van der Waals surface area contributed by atoms with Gasteiger partial charge in [-0.1, -0.05) is 30.3 Å². The minimum Gasteiger partial charge on any atom is -0.489 e. The third-order valence-electron chi connectivity index (χ3n) is 3.73. The van der Waals surface area contributed by atoms with E-state index in [1.807, 2.05) is 48.7 Å². The summed E-state index contributed by atoms with van der Waals surface area (Å²) in [6.07, 6.45) is 2.66. The van der Waals surface area contributed by atoms with E-state index in [0.29, 0.717) is 24.5 Å². The van der Waals surface area contributed by atoms with Gasteiger partial charge in [0.2, 0.25) is 5.91 Å². The summed E-state index contributed by atoms with van der Waals surface area (Å²) in [5.41, 5.74) is 8.92. The maximum absolute atomic E-state index is 12.1. The molecule has 2 aromatic carbocycles. The molecule has 2 rings (SSSR count). The van der Waals surface area contributed by atoms with Gasteiger partial charge in [-0.25, -0.2) is 0 Å². The highest BCUT2D eigenvalue weighted by Crippen LogP contribution is 2.19. The van der Waals surface area contributed by atoms with Crippen molar-refractivity contribution in [3.63, 3.8) is 0 Å². The van der Waals surface area contributed by atoms with Gasteiger partial charge in [-0.2, -0.15) is 11.8 Å². The fourth-order valence-corrected chi connectivity index (χ4v) is 2.70. The van der Waals surface area contributed by atoms with Crippen LogP contribution in [0.4, 0.5) is 5.69 Å². The number of rotatable bonds is 8. The minimum absolute atomic E-state index is 0.167. The zero-order valence-electron chi connectivity index (χ0n) is 14.1. The van der Waals surface area contributed by atoms with Gasteiger partial charge in [0.05, 0.1) is 6.04 Å². The fourth-order valence-electron chi connectivity index (χ4n) is 2.21. The molecule has 24 heavy (non-hydrogen) atoms. The Balaban J connectivity index is 1.94. The van der Waals surface area contributed by atoms with Crippen LogP contribution in [0.1, 0.15) is 17.5 Å². The number of carbonyl (C=O) groups is 1. The summed E-state index contributed by atoms with van der Waals surface area (Å²) in [4.78, 5) is 12.1. The molecule has 0 saturated carbocycles. The van der Waals surface area contributed by atoms with Gasteiger partial charge >= 0.3 is 0 Å². The third kappa shape index (κ3) is 5.58. The second-order valence-electron chi connectivity index (χ2n) is 5.62. The maximum atomic E-state index is 12.1. The average molecular weight is 344 g/mol. The van der Waals surface area contributed by atoms with E-state index in [1.54, 1.807) is 11.8 Å². The van der Waals surface area contributed by atoms with E-state index in [1.165, 1.54) is 5.56 Å². The molecule has 0 spiro atoms. The van der Waals surface area contributed by atoms with Crippen LogP contribution in [-0.4, -0.2) is 24.0 Å². The highest BCUT2D eigenvalue weighted by atomic mass is 32.2. The molecule has 0 aromatic heterocycles. The number of anilines is 1. The number of nitrogens with one attached hydrogen (secondary N) is 1. The number of hydrogen-bond donors (Lipinski definition) is 2. The molecule has 0 fully saturated rings. The molecule has 0 heterocycles. The first kappa shape index (κ1) is 18.4. The number of thioether (sulfide) groups is 1. The van der Waals surface area contributed by atoms with Gasteiger partial charge in [-0.05, 0) is 48.6 Å². The van der Waals surface area contributed by atoms with Crippen LogP contribution in [-0.2, 0) is 11.4 Å². The molecule has 0 aliphatic rings. The lowest BCUT2D eigenvalue weighted by Crippen LogP contribution is -2.36.